The molecule has 26 heavy (non-hydrogen) atoms. The molecule has 2 aromatic carbocycles. The maximum Gasteiger partial charge on any atom is 0.316 e. The number of thioether (sulfide) groups is 1. The zero-order chi connectivity index (χ0) is 19.1. The molecule has 0 aliphatic heterocycles. The third kappa shape index (κ3) is 6.35. The Labute approximate surface area is 161 Å². The van der Waals surface area contributed by atoms with Gasteiger partial charge in [-0.1, -0.05) is 41.4 Å². The van der Waals surface area contributed by atoms with Gasteiger partial charge in [0.25, 0.3) is 5.91 Å². The van der Waals surface area contributed by atoms with Gasteiger partial charge in [0.2, 0.25) is 0 Å². The molecule has 0 aromatic heterocycles. The molecule has 0 aliphatic carbocycles. The summed E-state index contributed by atoms with van der Waals surface area (Å²) in [7, 11) is 0. The summed E-state index contributed by atoms with van der Waals surface area (Å²) in [5.41, 5.74) is 2.55. The average molecular weight is 396 g/mol. The first kappa shape index (κ1) is 20.3. The molecule has 0 fully saturated rings. The van der Waals surface area contributed by atoms with Crippen molar-refractivity contribution in [2.75, 3.05) is 11.1 Å². The number of nitrogens with one attached hydrogen (secondary N) is 1. The van der Waals surface area contributed by atoms with Crippen LogP contribution in [0.3, 0.4) is 0 Å². The number of rotatable bonds is 7. The van der Waals surface area contributed by atoms with Crippen molar-refractivity contribution < 1.29 is 18.7 Å². The highest BCUT2D eigenvalue weighted by atomic mass is 35.5. The molecule has 4 nitrogen and oxygen atoms in total. The Morgan fingerprint density at radius 3 is 2.58 bits per heavy atom. The summed E-state index contributed by atoms with van der Waals surface area (Å²) in [4.78, 5) is 23.9. The van der Waals surface area contributed by atoms with E-state index in [1.807, 2.05) is 31.2 Å². The zero-order valence-electron chi connectivity index (χ0n) is 14.4. The number of halogens is 2. The molecule has 0 spiro atoms. The Balaban J connectivity index is 1.76. The van der Waals surface area contributed by atoms with Crippen LogP contribution in [0, 0.1) is 12.7 Å². The molecule has 0 unspecified atom stereocenters. The first-order chi connectivity index (χ1) is 12.3. The van der Waals surface area contributed by atoms with Gasteiger partial charge in [0.1, 0.15) is 5.82 Å². The van der Waals surface area contributed by atoms with E-state index in [0.717, 1.165) is 11.6 Å². The highest BCUT2D eigenvalue weighted by molar-refractivity contribution is 7.99. The van der Waals surface area contributed by atoms with Gasteiger partial charge in [-0.15, -0.1) is 11.8 Å². The Morgan fingerprint density at radius 2 is 1.92 bits per heavy atom. The van der Waals surface area contributed by atoms with Gasteiger partial charge >= 0.3 is 5.97 Å². The highest BCUT2D eigenvalue weighted by Gasteiger charge is 2.19. The summed E-state index contributed by atoms with van der Waals surface area (Å²) in [6.07, 6.45) is -0.983. The van der Waals surface area contributed by atoms with E-state index in [1.54, 1.807) is 0 Å². The largest absolute Gasteiger partial charge is 0.452 e. The zero-order valence-corrected chi connectivity index (χ0v) is 16.0. The Hall–Kier alpha value is -2.05. The number of carbonyl (C=O) groups is 2. The lowest BCUT2D eigenvalue weighted by Crippen LogP contribution is -2.30. The number of hydrogen-bond acceptors (Lipinski definition) is 4. The van der Waals surface area contributed by atoms with Crippen molar-refractivity contribution in [3.05, 3.63) is 64.4 Å². The molecule has 0 heterocycles. The van der Waals surface area contributed by atoms with Crippen LogP contribution in [-0.4, -0.2) is 23.7 Å². The predicted molar refractivity (Wildman–Crippen MR) is 103 cm³/mol. The van der Waals surface area contributed by atoms with Gasteiger partial charge in [-0.3, -0.25) is 9.59 Å². The average Bonchev–Trinajstić information content (AvgIpc) is 2.59. The molecule has 0 saturated heterocycles. The number of aryl methyl sites for hydroxylation is 1. The van der Waals surface area contributed by atoms with Gasteiger partial charge in [0.05, 0.1) is 16.5 Å². The van der Waals surface area contributed by atoms with E-state index in [-0.39, 0.29) is 16.5 Å². The van der Waals surface area contributed by atoms with Gasteiger partial charge in [-0.2, -0.15) is 0 Å². The quantitative estimate of drug-likeness (QED) is 0.696. The molecule has 2 aromatic rings. The molecule has 1 amide bonds. The molecule has 138 valence electrons. The van der Waals surface area contributed by atoms with Gasteiger partial charge < -0.3 is 10.1 Å². The second kappa shape index (κ2) is 9.59. The molecule has 2 rings (SSSR count). The molecule has 1 atom stereocenters. The minimum absolute atomic E-state index is 0.0746. The molecular weight excluding hydrogens is 377 g/mol. The van der Waals surface area contributed by atoms with Crippen molar-refractivity contribution in [1.82, 2.24) is 0 Å². The van der Waals surface area contributed by atoms with Crippen molar-refractivity contribution in [3.63, 3.8) is 0 Å². The molecular formula is C19H19ClFNO3S. The minimum atomic E-state index is -0.983. The second-order valence-electron chi connectivity index (χ2n) is 5.72. The van der Waals surface area contributed by atoms with E-state index in [0.29, 0.717) is 5.75 Å². The summed E-state index contributed by atoms with van der Waals surface area (Å²) in [6.45, 7) is 3.48. The number of carbonyl (C=O) groups excluding carboxylic acids is 2. The summed E-state index contributed by atoms with van der Waals surface area (Å²) in [6, 6.07) is 11.7. The van der Waals surface area contributed by atoms with E-state index < -0.39 is 23.8 Å². The minimum Gasteiger partial charge on any atom is -0.452 e. The van der Waals surface area contributed by atoms with Crippen LogP contribution in [0.15, 0.2) is 42.5 Å². The van der Waals surface area contributed by atoms with E-state index in [4.69, 9.17) is 16.3 Å². The maximum absolute atomic E-state index is 13.0. The Morgan fingerprint density at radius 1 is 1.23 bits per heavy atom. The molecule has 7 heteroatoms. The Bertz CT molecular complexity index is 783. The number of esters is 1. The number of hydrogen-bond donors (Lipinski definition) is 1. The topological polar surface area (TPSA) is 55.4 Å². The molecule has 1 N–H and O–H groups in total. The monoisotopic (exact) mass is 395 g/mol. The highest BCUT2D eigenvalue weighted by Crippen LogP contribution is 2.22. The van der Waals surface area contributed by atoms with Gasteiger partial charge in [-0.25, -0.2) is 4.39 Å². The van der Waals surface area contributed by atoms with E-state index in [1.165, 1.54) is 36.4 Å². The number of anilines is 1. The van der Waals surface area contributed by atoms with Gasteiger partial charge in [-0.05, 0) is 37.6 Å². The van der Waals surface area contributed by atoms with Crippen molar-refractivity contribution in [1.29, 1.82) is 0 Å². The van der Waals surface area contributed by atoms with Crippen LogP contribution in [0.5, 0.6) is 0 Å². The van der Waals surface area contributed by atoms with Crippen LogP contribution < -0.4 is 5.32 Å². The van der Waals surface area contributed by atoms with Crippen LogP contribution in [0.4, 0.5) is 10.1 Å². The predicted octanol–water partition coefficient (Wildman–Crippen LogP) is 4.59. The van der Waals surface area contributed by atoms with Crippen molar-refractivity contribution in [2.24, 2.45) is 0 Å². The smallest absolute Gasteiger partial charge is 0.316 e. The third-order valence-electron chi connectivity index (χ3n) is 3.48. The summed E-state index contributed by atoms with van der Waals surface area (Å²) in [5.74, 6) is -0.687. The SMILES string of the molecule is Cc1ccc(CSCC(=O)O[C@@H](C)C(=O)Nc2ccc(F)cc2Cl)cc1. The van der Waals surface area contributed by atoms with Crippen LogP contribution >= 0.6 is 23.4 Å². The normalized spacial score (nSPS) is 11.7. The Kier molecular flexibility index (Phi) is 7.48. The first-order valence-corrected chi connectivity index (χ1v) is 9.47. The fourth-order valence-electron chi connectivity index (χ4n) is 2.05. The van der Waals surface area contributed by atoms with Gasteiger partial charge in [0.15, 0.2) is 6.10 Å². The van der Waals surface area contributed by atoms with Crippen molar-refractivity contribution in [3.8, 4) is 0 Å². The fraction of sp³-hybridized carbons (Fsp3) is 0.263. The van der Waals surface area contributed by atoms with Crippen LogP contribution in [0.2, 0.25) is 5.02 Å². The molecule has 0 aliphatic rings. The van der Waals surface area contributed by atoms with Crippen LogP contribution in [-0.2, 0) is 20.1 Å². The molecule has 0 saturated carbocycles. The van der Waals surface area contributed by atoms with Crippen molar-refractivity contribution in [2.45, 2.75) is 25.7 Å². The van der Waals surface area contributed by atoms with E-state index >= 15 is 0 Å². The fourth-order valence-corrected chi connectivity index (χ4v) is 3.03. The summed E-state index contributed by atoms with van der Waals surface area (Å²) < 4.78 is 18.1. The van der Waals surface area contributed by atoms with Gasteiger partial charge in [0, 0.05) is 5.75 Å². The molecule has 0 bridgehead atoms. The number of benzene rings is 2. The summed E-state index contributed by atoms with van der Waals surface area (Å²) >= 11 is 7.27. The van der Waals surface area contributed by atoms with Crippen LogP contribution in [0.1, 0.15) is 18.1 Å². The molecule has 0 radical (unpaired) electrons. The lowest BCUT2D eigenvalue weighted by atomic mass is 10.2. The van der Waals surface area contributed by atoms with Crippen molar-refractivity contribution >= 4 is 40.9 Å². The lowest BCUT2D eigenvalue weighted by molar-refractivity contribution is -0.150. The number of ether oxygens (including phenoxy) is 1. The van der Waals surface area contributed by atoms with E-state index in [2.05, 4.69) is 5.32 Å². The third-order valence-corrected chi connectivity index (χ3v) is 4.77. The standard InChI is InChI=1S/C19H19ClFNO3S/c1-12-3-5-14(6-4-12)10-26-11-18(23)25-13(2)19(24)22-17-8-7-15(21)9-16(17)20/h3-9,13H,10-11H2,1-2H3,(H,22,24)/t13-/m0/s1. The number of amides is 1. The second-order valence-corrected chi connectivity index (χ2v) is 7.12. The lowest BCUT2D eigenvalue weighted by Gasteiger charge is -2.14. The maximum atomic E-state index is 13.0. The first-order valence-electron chi connectivity index (χ1n) is 7.94. The van der Waals surface area contributed by atoms with E-state index in [9.17, 15) is 14.0 Å². The van der Waals surface area contributed by atoms with Crippen LogP contribution in [0.25, 0.3) is 0 Å². The summed E-state index contributed by atoms with van der Waals surface area (Å²) in [5, 5.41) is 2.58.